The monoisotopic (exact) mass is 231 g/mol. The summed E-state index contributed by atoms with van der Waals surface area (Å²) >= 11 is 0. The van der Waals surface area contributed by atoms with Gasteiger partial charge in [0, 0.05) is 12.2 Å². The Balaban J connectivity index is 2.09. The predicted octanol–water partition coefficient (Wildman–Crippen LogP) is 2.63. The van der Waals surface area contributed by atoms with Crippen LogP contribution >= 0.6 is 0 Å². The van der Waals surface area contributed by atoms with Crippen molar-refractivity contribution in [1.82, 2.24) is 9.55 Å². The van der Waals surface area contributed by atoms with E-state index in [1.54, 1.807) is 0 Å². The van der Waals surface area contributed by atoms with Gasteiger partial charge in [0.05, 0.1) is 0 Å². The van der Waals surface area contributed by atoms with Crippen LogP contribution in [0.25, 0.3) is 0 Å². The molecule has 1 heterocycles. The van der Waals surface area contributed by atoms with Crippen molar-refractivity contribution in [3.63, 3.8) is 0 Å². The zero-order chi connectivity index (χ0) is 12.3. The molecular weight excluding hydrogens is 214 g/mol. The van der Waals surface area contributed by atoms with Crippen molar-refractivity contribution in [3.05, 3.63) is 42.4 Å². The van der Waals surface area contributed by atoms with Crippen molar-refractivity contribution in [1.29, 1.82) is 0 Å². The molecule has 0 radical (unpaired) electrons. The second kappa shape index (κ2) is 4.91. The van der Waals surface area contributed by atoms with Crippen LogP contribution in [0.2, 0.25) is 0 Å². The highest BCUT2D eigenvalue weighted by atomic mass is 16.5. The highest BCUT2D eigenvalue weighted by molar-refractivity contribution is 5.27. The lowest BCUT2D eigenvalue weighted by molar-refractivity contribution is 0.286. The van der Waals surface area contributed by atoms with Crippen molar-refractivity contribution < 1.29 is 4.74 Å². The maximum atomic E-state index is 5.70. The maximum Gasteiger partial charge on any atom is 0.149 e. The summed E-state index contributed by atoms with van der Waals surface area (Å²) in [6, 6.07) is 10.0. The number of hydrogen-bond donors (Lipinski definition) is 1. The Hall–Kier alpha value is -1.97. The number of benzene rings is 1. The van der Waals surface area contributed by atoms with Crippen LogP contribution in [0.15, 0.2) is 36.5 Å². The highest BCUT2D eigenvalue weighted by Gasteiger charge is 2.09. The molecule has 2 rings (SSSR count). The molecule has 0 fully saturated rings. The molecule has 0 aliphatic rings. The van der Waals surface area contributed by atoms with Crippen molar-refractivity contribution in [2.45, 2.75) is 26.5 Å². The van der Waals surface area contributed by atoms with E-state index in [9.17, 15) is 0 Å². The van der Waals surface area contributed by atoms with Gasteiger partial charge < -0.3 is 15.0 Å². The molecule has 2 aromatic rings. The van der Waals surface area contributed by atoms with Gasteiger partial charge in [0.1, 0.15) is 24.0 Å². The molecule has 0 saturated heterocycles. The Bertz CT molecular complexity index is 477. The van der Waals surface area contributed by atoms with Gasteiger partial charge in [-0.05, 0) is 26.0 Å². The standard InChI is InChI=1S/C13H17N3O/c1-10(2)16-8-12(14)15-13(16)9-17-11-6-4-3-5-7-11/h3-8,10H,9,14H2,1-2H3. The summed E-state index contributed by atoms with van der Waals surface area (Å²) in [6.07, 6.45) is 1.84. The first-order chi connectivity index (χ1) is 8.16. The molecule has 0 aliphatic carbocycles. The maximum absolute atomic E-state index is 5.70. The predicted molar refractivity (Wildman–Crippen MR) is 67.8 cm³/mol. The summed E-state index contributed by atoms with van der Waals surface area (Å²) in [6.45, 7) is 4.61. The fourth-order valence-corrected chi connectivity index (χ4v) is 1.67. The minimum atomic E-state index is 0.328. The van der Waals surface area contributed by atoms with E-state index in [1.807, 2.05) is 41.1 Å². The third kappa shape index (κ3) is 2.78. The average molecular weight is 231 g/mol. The molecule has 4 heteroatoms. The zero-order valence-electron chi connectivity index (χ0n) is 10.1. The average Bonchev–Trinajstić information content (AvgIpc) is 2.69. The van der Waals surface area contributed by atoms with Crippen LogP contribution in [0.3, 0.4) is 0 Å². The molecule has 0 aliphatic heterocycles. The number of ether oxygens (including phenoxy) is 1. The third-order valence-electron chi connectivity index (χ3n) is 2.50. The Morgan fingerprint density at radius 3 is 2.65 bits per heavy atom. The number of para-hydroxylation sites is 1. The van der Waals surface area contributed by atoms with Crippen LogP contribution in [0.1, 0.15) is 25.7 Å². The number of aromatic nitrogens is 2. The van der Waals surface area contributed by atoms with Crippen LogP contribution in [-0.2, 0) is 6.61 Å². The van der Waals surface area contributed by atoms with E-state index in [0.717, 1.165) is 11.6 Å². The molecule has 17 heavy (non-hydrogen) atoms. The molecule has 0 unspecified atom stereocenters. The fraction of sp³-hybridized carbons (Fsp3) is 0.308. The summed E-state index contributed by atoms with van der Waals surface area (Å²) in [5, 5.41) is 0. The molecule has 0 spiro atoms. The third-order valence-corrected chi connectivity index (χ3v) is 2.50. The van der Waals surface area contributed by atoms with E-state index in [0.29, 0.717) is 18.5 Å². The normalized spacial score (nSPS) is 10.8. The summed E-state index contributed by atoms with van der Waals surface area (Å²) in [4.78, 5) is 4.26. The number of nitrogens with two attached hydrogens (primary N) is 1. The zero-order valence-corrected chi connectivity index (χ0v) is 10.1. The molecule has 1 aromatic carbocycles. The highest BCUT2D eigenvalue weighted by Crippen LogP contribution is 2.15. The van der Waals surface area contributed by atoms with Crippen molar-refractivity contribution in [3.8, 4) is 5.75 Å². The molecule has 0 amide bonds. The summed E-state index contributed by atoms with van der Waals surface area (Å²) in [7, 11) is 0. The van der Waals surface area contributed by atoms with Crippen LogP contribution in [-0.4, -0.2) is 9.55 Å². The first-order valence-electron chi connectivity index (χ1n) is 5.68. The molecule has 1 aromatic heterocycles. The Morgan fingerprint density at radius 2 is 2.00 bits per heavy atom. The second-order valence-corrected chi connectivity index (χ2v) is 4.18. The smallest absolute Gasteiger partial charge is 0.149 e. The van der Waals surface area contributed by atoms with E-state index >= 15 is 0 Å². The minimum absolute atomic E-state index is 0.328. The lowest BCUT2D eigenvalue weighted by atomic mass is 10.3. The van der Waals surface area contributed by atoms with Gasteiger partial charge in [0.25, 0.3) is 0 Å². The van der Waals surface area contributed by atoms with Gasteiger partial charge in [0.2, 0.25) is 0 Å². The largest absolute Gasteiger partial charge is 0.486 e. The SMILES string of the molecule is CC(C)n1cc(N)nc1COc1ccccc1. The molecule has 90 valence electrons. The number of nitrogen functional groups attached to an aromatic ring is 1. The van der Waals surface area contributed by atoms with Crippen LogP contribution in [0, 0.1) is 0 Å². The Kier molecular flexibility index (Phi) is 3.32. The number of anilines is 1. The van der Waals surface area contributed by atoms with E-state index in [1.165, 1.54) is 0 Å². The summed E-state index contributed by atoms with van der Waals surface area (Å²) in [5.74, 6) is 2.22. The molecule has 0 bridgehead atoms. The lowest BCUT2D eigenvalue weighted by Crippen LogP contribution is -2.08. The fourth-order valence-electron chi connectivity index (χ4n) is 1.67. The second-order valence-electron chi connectivity index (χ2n) is 4.18. The van der Waals surface area contributed by atoms with E-state index < -0.39 is 0 Å². The van der Waals surface area contributed by atoms with Crippen LogP contribution in [0.5, 0.6) is 5.75 Å². The van der Waals surface area contributed by atoms with E-state index in [2.05, 4.69) is 18.8 Å². The number of nitrogens with zero attached hydrogens (tertiary/aromatic N) is 2. The summed E-state index contributed by atoms with van der Waals surface area (Å²) < 4.78 is 7.68. The van der Waals surface area contributed by atoms with Crippen LogP contribution in [0.4, 0.5) is 5.82 Å². The Morgan fingerprint density at radius 1 is 1.29 bits per heavy atom. The number of imidazole rings is 1. The Labute approximate surface area is 101 Å². The van der Waals surface area contributed by atoms with Gasteiger partial charge in [-0.1, -0.05) is 18.2 Å². The molecule has 0 atom stereocenters. The molecule has 4 nitrogen and oxygen atoms in total. The van der Waals surface area contributed by atoms with Crippen molar-refractivity contribution in [2.24, 2.45) is 0 Å². The van der Waals surface area contributed by atoms with Gasteiger partial charge in [-0.2, -0.15) is 0 Å². The van der Waals surface area contributed by atoms with Crippen molar-refractivity contribution >= 4 is 5.82 Å². The lowest BCUT2D eigenvalue weighted by Gasteiger charge is -2.11. The van der Waals surface area contributed by atoms with E-state index in [4.69, 9.17) is 10.5 Å². The van der Waals surface area contributed by atoms with Crippen LogP contribution < -0.4 is 10.5 Å². The summed E-state index contributed by atoms with van der Waals surface area (Å²) in [5.41, 5.74) is 5.70. The first-order valence-corrected chi connectivity index (χ1v) is 5.68. The number of rotatable bonds is 4. The number of hydrogen-bond acceptors (Lipinski definition) is 3. The van der Waals surface area contributed by atoms with Crippen molar-refractivity contribution in [2.75, 3.05) is 5.73 Å². The van der Waals surface area contributed by atoms with E-state index in [-0.39, 0.29) is 0 Å². The van der Waals surface area contributed by atoms with Gasteiger partial charge in [-0.25, -0.2) is 4.98 Å². The van der Waals surface area contributed by atoms with Gasteiger partial charge in [-0.3, -0.25) is 0 Å². The molecule has 2 N–H and O–H groups in total. The minimum Gasteiger partial charge on any atom is -0.486 e. The van der Waals surface area contributed by atoms with Gasteiger partial charge in [0.15, 0.2) is 0 Å². The van der Waals surface area contributed by atoms with Gasteiger partial charge in [-0.15, -0.1) is 0 Å². The quantitative estimate of drug-likeness (QED) is 0.880. The topological polar surface area (TPSA) is 53.1 Å². The van der Waals surface area contributed by atoms with Gasteiger partial charge >= 0.3 is 0 Å². The first kappa shape index (κ1) is 11.5. The molecular formula is C13H17N3O. The molecule has 0 saturated carbocycles.